The number of aliphatic hydroxyl groups is 1. The van der Waals surface area contributed by atoms with E-state index < -0.39 is 6.10 Å². The Morgan fingerprint density at radius 1 is 1.14 bits per heavy atom. The van der Waals surface area contributed by atoms with Gasteiger partial charge in [0.15, 0.2) is 0 Å². The number of likely N-dealkylation sites (tertiary alicyclic amines) is 1. The van der Waals surface area contributed by atoms with Crippen LogP contribution in [0.1, 0.15) is 28.3 Å². The van der Waals surface area contributed by atoms with Crippen LogP contribution in [-0.2, 0) is 0 Å². The predicted octanol–water partition coefficient (Wildman–Crippen LogP) is 2.35. The van der Waals surface area contributed by atoms with Crippen molar-refractivity contribution in [3.8, 4) is 0 Å². The van der Waals surface area contributed by atoms with Crippen LogP contribution in [0.3, 0.4) is 0 Å². The van der Waals surface area contributed by atoms with Crippen molar-refractivity contribution >= 4 is 17.6 Å². The molecule has 28 heavy (non-hydrogen) atoms. The number of hydrogen-bond acceptors (Lipinski definition) is 3. The molecule has 4 rings (SSSR count). The molecule has 0 spiro atoms. The van der Waals surface area contributed by atoms with Crippen LogP contribution < -0.4 is 10.2 Å². The molecule has 2 N–H and O–H groups in total. The van der Waals surface area contributed by atoms with Gasteiger partial charge in [-0.1, -0.05) is 18.2 Å². The van der Waals surface area contributed by atoms with Crippen molar-refractivity contribution in [3.63, 3.8) is 0 Å². The molecule has 0 aromatic heterocycles. The fourth-order valence-electron chi connectivity index (χ4n) is 3.92. The van der Waals surface area contributed by atoms with Gasteiger partial charge in [-0.25, -0.2) is 9.18 Å². The van der Waals surface area contributed by atoms with Gasteiger partial charge in [-0.3, -0.25) is 9.69 Å². The number of benzene rings is 2. The van der Waals surface area contributed by atoms with Crippen molar-refractivity contribution in [1.29, 1.82) is 0 Å². The average molecular weight is 383 g/mol. The summed E-state index contributed by atoms with van der Waals surface area (Å²) in [5.41, 5.74) is 2.05. The van der Waals surface area contributed by atoms with Gasteiger partial charge in [0.2, 0.25) is 0 Å². The third-order valence-corrected chi connectivity index (χ3v) is 5.43. The maximum absolute atomic E-state index is 13.1. The van der Waals surface area contributed by atoms with E-state index >= 15 is 0 Å². The van der Waals surface area contributed by atoms with E-state index in [9.17, 15) is 19.1 Å². The Balaban J connectivity index is 1.46. The molecule has 6 nitrogen and oxygen atoms in total. The quantitative estimate of drug-likeness (QED) is 0.855. The van der Waals surface area contributed by atoms with E-state index in [2.05, 4.69) is 5.32 Å². The number of aliphatic hydroxyl groups excluding tert-OH is 1. The Labute approximate surface area is 162 Å². The van der Waals surface area contributed by atoms with Crippen LogP contribution in [0, 0.1) is 5.82 Å². The van der Waals surface area contributed by atoms with Gasteiger partial charge in [-0.05, 0) is 42.3 Å². The summed E-state index contributed by atoms with van der Waals surface area (Å²) < 4.78 is 13.1. The molecule has 0 bridgehead atoms. The highest BCUT2D eigenvalue weighted by molar-refractivity contribution is 5.98. The van der Waals surface area contributed by atoms with Crippen molar-refractivity contribution < 1.29 is 19.1 Å². The lowest BCUT2D eigenvalue weighted by atomic mass is 9.87. The molecule has 2 aliphatic heterocycles. The average Bonchev–Trinajstić information content (AvgIpc) is 3.14. The zero-order valence-electron chi connectivity index (χ0n) is 15.3. The molecule has 2 aromatic rings. The molecule has 0 saturated carbocycles. The summed E-state index contributed by atoms with van der Waals surface area (Å²) >= 11 is 0. The Kier molecular flexibility index (Phi) is 5.00. The minimum Gasteiger partial charge on any atom is -0.391 e. The van der Waals surface area contributed by atoms with Gasteiger partial charge < -0.3 is 15.3 Å². The number of hydrogen-bond donors (Lipinski definition) is 2. The Hall–Kier alpha value is -2.93. The third kappa shape index (κ3) is 3.57. The highest BCUT2D eigenvalue weighted by Crippen LogP contribution is 2.29. The second kappa shape index (κ2) is 7.59. The molecule has 2 aromatic carbocycles. The second-order valence-electron chi connectivity index (χ2n) is 7.20. The zero-order chi connectivity index (χ0) is 19.7. The van der Waals surface area contributed by atoms with Gasteiger partial charge in [0.1, 0.15) is 5.82 Å². The Morgan fingerprint density at radius 2 is 1.93 bits per heavy atom. The first-order chi connectivity index (χ1) is 13.5. The third-order valence-electron chi connectivity index (χ3n) is 5.43. The highest BCUT2D eigenvalue weighted by atomic mass is 19.1. The molecule has 3 amide bonds. The van der Waals surface area contributed by atoms with Crippen LogP contribution in [0.15, 0.2) is 48.5 Å². The number of rotatable bonds is 3. The molecule has 2 fully saturated rings. The summed E-state index contributed by atoms with van der Waals surface area (Å²) in [6.45, 7) is 1.88. The van der Waals surface area contributed by atoms with E-state index in [1.165, 1.54) is 12.1 Å². The van der Waals surface area contributed by atoms with Crippen LogP contribution in [0.4, 0.5) is 14.9 Å². The Morgan fingerprint density at radius 3 is 2.61 bits per heavy atom. The van der Waals surface area contributed by atoms with Crippen molar-refractivity contribution in [2.75, 3.05) is 31.1 Å². The maximum atomic E-state index is 13.1. The normalized spacial score (nSPS) is 22.3. The number of nitrogens with one attached hydrogen (secondary N) is 1. The number of carbonyl (C=O) groups excluding carboxylic acids is 2. The van der Waals surface area contributed by atoms with E-state index in [1.54, 1.807) is 46.2 Å². The number of halogens is 1. The fraction of sp³-hybridized carbons (Fsp3) is 0.333. The topological polar surface area (TPSA) is 72.9 Å². The minimum absolute atomic E-state index is 0.121. The molecule has 2 heterocycles. The number of anilines is 1. The lowest BCUT2D eigenvalue weighted by Gasteiger charge is -2.36. The van der Waals surface area contributed by atoms with E-state index in [1.807, 2.05) is 0 Å². The molecule has 0 radical (unpaired) electrons. The van der Waals surface area contributed by atoms with Gasteiger partial charge in [0.25, 0.3) is 5.91 Å². The number of amides is 3. The molecule has 2 atom stereocenters. The number of piperidine rings is 1. The largest absolute Gasteiger partial charge is 0.391 e. The molecule has 2 saturated heterocycles. The lowest BCUT2D eigenvalue weighted by molar-refractivity contribution is 0.0382. The predicted molar refractivity (Wildman–Crippen MR) is 103 cm³/mol. The standard InChI is InChI=1S/C21H22FN3O3/c22-16-6-4-14(5-7-16)18-8-10-24(13-19(18)26)20(27)15-2-1-3-17(12-15)25-11-9-23-21(25)28/h1-7,12,18-19,26H,8-11,13H2,(H,23,28)/t18-,19+/m0/s1. The van der Waals surface area contributed by atoms with Crippen LogP contribution in [0.2, 0.25) is 0 Å². The summed E-state index contributed by atoms with van der Waals surface area (Å²) in [5.74, 6) is -0.597. The van der Waals surface area contributed by atoms with Crippen molar-refractivity contribution in [2.45, 2.75) is 18.4 Å². The SMILES string of the molecule is O=C(c1cccc(N2CCNC2=O)c1)N1CC[C@@H](c2ccc(F)cc2)[C@H](O)C1. The van der Waals surface area contributed by atoms with E-state index in [-0.39, 0.29) is 30.2 Å². The first-order valence-electron chi connectivity index (χ1n) is 9.41. The summed E-state index contributed by atoms with van der Waals surface area (Å²) in [6.07, 6.45) is -0.108. The summed E-state index contributed by atoms with van der Waals surface area (Å²) in [6, 6.07) is 13.0. The molecular weight excluding hydrogens is 361 g/mol. The van der Waals surface area contributed by atoms with Crippen LogP contribution in [0.5, 0.6) is 0 Å². The van der Waals surface area contributed by atoms with Crippen molar-refractivity contribution in [2.24, 2.45) is 0 Å². The number of nitrogens with zero attached hydrogens (tertiary/aromatic N) is 2. The molecule has 7 heteroatoms. The second-order valence-corrected chi connectivity index (χ2v) is 7.20. The highest BCUT2D eigenvalue weighted by Gasteiger charge is 2.32. The molecule has 146 valence electrons. The molecule has 0 unspecified atom stereocenters. The summed E-state index contributed by atoms with van der Waals surface area (Å²) in [5, 5.41) is 13.3. The van der Waals surface area contributed by atoms with Gasteiger partial charge in [0.05, 0.1) is 6.10 Å². The van der Waals surface area contributed by atoms with Crippen molar-refractivity contribution in [3.05, 3.63) is 65.5 Å². The Bertz CT molecular complexity index is 887. The van der Waals surface area contributed by atoms with Crippen LogP contribution >= 0.6 is 0 Å². The van der Waals surface area contributed by atoms with Crippen LogP contribution in [0.25, 0.3) is 0 Å². The lowest BCUT2D eigenvalue weighted by Crippen LogP contribution is -2.45. The fourth-order valence-corrected chi connectivity index (χ4v) is 3.92. The van der Waals surface area contributed by atoms with E-state index in [0.717, 1.165) is 5.56 Å². The smallest absolute Gasteiger partial charge is 0.321 e. The number of urea groups is 1. The summed E-state index contributed by atoms with van der Waals surface area (Å²) in [4.78, 5) is 28.0. The first-order valence-corrected chi connectivity index (χ1v) is 9.41. The van der Waals surface area contributed by atoms with Crippen molar-refractivity contribution in [1.82, 2.24) is 10.2 Å². The number of β-amino-alcohol motifs (C(OH)–C–C–N with tert-alkyl or cyclic N) is 1. The molecule has 2 aliphatic rings. The maximum Gasteiger partial charge on any atom is 0.321 e. The molecule has 0 aliphatic carbocycles. The number of carbonyl (C=O) groups is 2. The first kappa shape index (κ1) is 18.4. The van der Waals surface area contributed by atoms with Crippen LogP contribution in [-0.4, -0.2) is 54.2 Å². The van der Waals surface area contributed by atoms with E-state index in [4.69, 9.17) is 0 Å². The zero-order valence-corrected chi connectivity index (χ0v) is 15.3. The summed E-state index contributed by atoms with van der Waals surface area (Å²) in [7, 11) is 0. The molecular formula is C21H22FN3O3. The van der Waals surface area contributed by atoms with Gasteiger partial charge >= 0.3 is 6.03 Å². The minimum atomic E-state index is -0.712. The monoisotopic (exact) mass is 383 g/mol. The van der Waals surface area contributed by atoms with Gasteiger partial charge in [-0.15, -0.1) is 0 Å². The van der Waals surface area contributed by atoms with Gasteiger partial charge in [0, 0.05) is 43.3 Å². The van der Waals surface area contributed by atoms with E-state index in [0.29, 0.717) is 37.3 Å². The van der Waals surface area contributed by atoms with Gasteiger partial charge in [-0.2, -0.15) is 0 Å².